The zero-order valence-corrected chi connectivity index (χ0v) is 15.3. The molecule has 1 aliphatic rings. The Balaban J connectivity index is 0. The summed E-state index contributed by atoms with van der Waals surface area (Å²) in [6.45, 7) is 17.2. The maximum absolute atomic E-state index is 11.7. The molecule has 0 bridgehead atoms. The summed E-state index contributed by atoms with van der Waals surface area (Å²) in [6.07, 6.45) is 1.85. The van der Waals surface area contributed by atoms with Crippen LogP contribution in [-0.2, 0) is 4.79 Å². The van der Waals surface area contributed by atoms with Crippen LogP contribution in [0.1, 0.15) is 48.9 Å². The lowest BCUT2D eigenvalue weighted by molar-refractivity contribution is -0.122. The van der Waals surface area contributed by atoms with Crippen LogP contribution in [0.15, 0.2) is 0 Å². The monoisotopic (exact) mass is 317 g/mol. The molecular weight excluding hydrogens is 278 g/mol. The third-order valence-corrected chi connectivity index (χ3v) is 3.67. The number of hydrogen-bond acceptors (Lipinski definition) is 4. The van der Waals surface area contributed by atoms with Crippen molar-refractivity contribution in [1.29, 1.82) is 0 Å². The standard InChI is InChI=1S/C15H31N3O2.C2H6.H2/c1-15(2,3)5-7-17-8-10-18(11-9-17)13-14(20)16-6-4-12-19;1-2;/h19H,4-13H2,1-3H3,(H,16,20);1-2H3;1H. The van der Waals surface area contributed by atoms with E-state index in [0.717, 1.165) is 32.7 Å². The zero-order chi connectivity index (χ0) is 17.0. The first kappa shape index (κ1) is 21.4. The Bertz CT molecular complexity index is 288. The largest absolute Gasteiger partial charge is 0.396 e. The number of carbonyl (C=O) groups is 1. The highest BCUT2D eigenvalue weighted by Crippen LogP contribution is 2.19. The molecule has 1 heterocycles. The summed E-state index contributed by atoms with van der Waals surface area (Å²) in [7, 11) is 0. The number of amides is 1. The molecule has 0 atom stereocenters. The van der Waals surface area contributed by atoms with Gasteiger partial charge in [0.25, 0.3) is 0 Å². The van der Waals surface area contributed by atoms with E-state index in [2.05, 4.69) is 35.9 Å². The molecule has 2 N–H and O–H groups in total. The molecule has 0 saturated carbocycles. The van der Waals surface area contributed by atoms with Crippen molar-refractivity contribution in [3.63, 3.8) is 0 Å². The van der Waals surface area contributed by atoms with Crippen LogP contribution in [0.4, 0.5) is 0 Å². The van der Waals surface area contributed by atoms with Crippen LogP contribution in [0.5, 0.6) is 0 Å². The Hall–Kier alpha value is -0.650. The van der Waals surface area contributed by atoms with Gasteiger partial charge in [-0.1, -0.05) is 34.6 Å². The average molecular weight is 318 g/mol. The van der Waals surface area contributed by atoms with E-state index in [4.69, 9.17) is 5.11 Å². The van der Waals surface area contributed by atoms with Gasteiger partial charge in [0, 0.05) is 40.8 Å². The number of rotatable bonds is 7. The van der Waals surface area contributed by atoms with Gasteiger partial charge in [0.2, 0.25) is 5.91 Å². The number of aliphatic hydroxyl groups is 1. The Morgan fingerprint density at radius 1 is 1.14 bits per heavy atom. The molecule has 1 amide bonds. The second-order valence-corrected chi connectivity index (χ2v) is 6.86. The maximum Gasteiger partial charge on any atom is 0.234 e. The summed E-state index contributed by atoms with van der Waals surface area (Å²) < 4.78 is 0. The fraction of sp³-hybridized carbons (Fsp3) is 0.941. The first-order valence-electron chi connectivity index (χ1n) is 8.73. The Kier molecular flexibility index (Phi) is 11.5. The molecule has 0 spiro atoms. The van der Waals surface area contributed by atoms with E-state index in [-0.39, 0.29) is 13.9 Å². The molecule has 0 unspecified atom stereocenters. The third kappa shape index (κ3) is 11.0. The summed E-state index contributed by atoms with van der Waals surface area (Å²) in [6, 6.07) is 0. The molecule has 5 heteroatoms. The van der Waals surface area contributed by atoms with Gasteiger partial charge in [-0.3, -0.25) is 9.69 Å². The van der Waals surface area contributed by atoms with Crippen molar-refractivity contribution in [3.05, 3.63) is 0 Å². The normalized spacial score (nSPS) is 16.8. The van der Waals surface area contributed by atoms with Gasteiger partial charge >= 0.3 is 0 Å². The van der Waals surface area contributed by atoms with E-state index in [1.54, 1.807) is 0 Å². The summed E-state index contributed by atoms with van der Waals surface area (Å²) in [5.74, 6) is 0.0709. The summed E-state index contributed by atoms with van der Waals surface area (Å²) in [5.41, 5.74) is 0.393. The zero-order valence-electron chi connectivity index (χ0n) is 15.3. The van der Waals surface area contributed by atoms with Gasteiger partial charge in [0.05, 0.1) is 6.54 Å². The molecule has 1 rings (SSSR count). The van der Waals surface area contributed by atoms with Crippen LogP contribution in [0, 0.1) is 5.41 Å². The number of nitrogens with zero attached hydrogens (tertiary/aromatic N) is 2. The molecule has 0 aromatic rings. The minimum absolute atomic E-state index is 0. The van der Waals surface area contributed by atoms with Crippen LogP contribution < -0.4 is 5.32 Å². The molecule has 1 aliphatic heterocycles. The summed E-state index contributed by atoms with van der Waals surface area (Å²) in [4.78, 5) is 16.4. The van der Waals surface area contributed by atoms with Gasteiger partial charge in [-0.2, -0.15) is 0 Å². The minimum atomic E-state index is 0. The lowest BCUT2D eigenvalue weighted by Gasteiger charge is -2.35. The lowest BCUT2D eigenvalue weighted by Crippen LogP contribution is -2.49. The topological polar surface area (TPSA) is 55.8 Å². The third-order valence-electron chi connectivity index (χ3n) is 3.67. The Labute approximate surface area is 138 Å². The molecule has 0 aromatic heterocycles. The number of piperazine rings is 1. The van der Waals surface area contributed by atoms with Crippen molar-refractivity contribution in [2.24, 2.45) is 5.41 Å². The highest BCUT2D eigenvalue weighted by Gasteiger charge is 2.20. The number of aliphatic hydroxyl groups excluding tert-OH is 1. The van der Waals surface area contributed by atoms with E-state index in [1.807, 2.05) is 13.8 Å². The Morgan fingerprint density at radius 3 is 2.18 bits per heavy atom. The van der Waals surface area contributed by atoms with Crippen molar-refractivity contribution in [2.75, 3.05) is 52.4 Å². The van der Waals surface area contributed by atoms with Gasteiger partial charge in [-0.25, -0.2) is 0 Å². The fourth-order valence-corrected chi connectivity index (χ4v) is 2.23. The van der Waals surface area contributed by atoms with E-state index in [1.165, 1.54) is 6.42 Å². The van der Waals surface area contributed by atoms with Crippen molar-refractivity contribution in [2.45, 2.75) is 47.5 Å². The highest BCUT2D eigenvalue weighted by molar-refractivity contribution is 5.77. The van der Waals surface area contributed by atoms with Crippen molar-refractivity contribution in [1.82, 2.24) is 15.1 Å². The first-order chi connectivity index (χ1) is 10.4. The van der Waals surface area contributed by atoms with Crippen LogP contribution in [0.3, 0.4) is 0 Å². The van der Waals surface area contributed by atoms with Gasteiger partial charge < -0.3 is 15.3 Å². The van der Waals surface area contributed by atoms with Crippen LogP contribution >= 0.6 is 0 Å². The summed E-state index contributed by atoms with van der Waals surface area (Å²) in [5, 5.41) is 11.5. The summed E-state index contributed by atoms with van der Waals surface area (Å²) >= 11 is 0. The SMILES string of the molecule is CC.CC(C)(C)CCN1CCN(CC(=O)NCCCO)CC1.[HH]. The van der Waals surface area contributed by atoms with E-state index in [0.29, 0.717) is 24.9 Å². The number of nitrogens with one attached hydrogen (secondary N) is 1. The predicted octanol–water partition coefficient (Wildman–Crippen LogP) is 1.81. The molecule has 5 nitrogen and oxygen atoms in total. The van der Waals surface area contributed by atoms with Crippen LogP contribution in [0.25, 0.3) is 0 Å². The lowest BCUT2D eigenvalue weighted by atomic mass is 9.92. The van der Waals surface area contributed by atoms with E-state index >= 15 is 0 Å². The van der Waals surface area contributed by atoms with Crippen molar-refractivity contribution >= 4 is 5.91 Å². The van der Waals surface area contributed by atoms with Gasteiger partial charge in [-0.05, 0) is 24.8 Å². The second-order valence-electron chi connectivity index (χ2n) is 6.86. The molecule has 1 saturated heterocycles. The molecule has 134 valence electrons. The number of hydrogen-bond donors (Lipinski definition) is 2. The van der Waals surface area contributed by atoms with Gasteiger partial charge in [0.15, 0.2) is 0 Å². The molecule has 0 aliphatic carbocycles. The first-order valence-corrected chi connectivity index (χ1v) is 8.73. The fourth-order valence-electron chi connectivity index (χ4n) is 2.23. The van der Waals surface area contributed by atoms with E-state index < -0.39 is 0 Å². The van der Waals surface area contributed by atoms with Crippen molar-refractivity contribution < 1.29 is 11.3 Å². The van der Waals surface area contributed by atoms with Crippen LogP contribution in [-0.4, -0.2) is 73.2 Å². The van der Waals surface area contributed by atoms with Crippen molar-refractivity contribution in [3.8, 4) is 0 Å². The minimum Gasteiger partial charge on any atom is -0.396 e. The Morgan fingerprint density at radius 2 is 1.68 bits per heavy atom. The molecule has 0 radical (unpaired) electrons. The van der Waals surface area contributed by atoms with Gasteiger partial charge in [0.1, 0.15) is 0 Å². The second kappa shape index (κ2) is 11.9. The molecule has 0 aromatic carbocycles. The van der Waals surface area contributed by atoms with Gasteiger partial charge in [-0.15, -0.1) is 0 Å². The molecule has 1 fully saturated rings. The molecular formula is C17H39N3O2. The quantitative estimate of drug-likeness (QED) is 0.703. The highest BCUT2D eigenvalue weighted by atomic mass is 16.3. The molecule has 22 heavy (non-hydrogen) atoms. The number of carbonyl (C=O) groups excluding carboxylic acids is 1. The van der Waals surface area contributed by atoms with E-state index in [9.17, 15) is 4.79 Å². The predicted molar refractivity (Wildman–Crippen MR) is 95.1 cm³/mol. The average Bonchev–Trinajstić information content (AvgIpc) is 2.48. The van der Waals surface area contributed by atoms with Crippen LogP contribution in [0.2, 0.25) is 0 Å². The maximum atomic E-state index is 11.7. The smallest absolute Gasteiger partial charge is 0.234 e.